The molecule has 1 saturated heterocycles. The third-order valence-electron chi connectivity index (χ3n) is 4.93. The molecule has 0 bridgehead atoms. The molecule has 0 atom stereocenters. The monoisotopic (exact) mass is 499 g/mol. The van der Waals surface area contributed by atoms with E-state index in [2.05, 4.69) is 0 Å². The predicted octanol–water partition coefficient (Wildman–Crippen LogP) is 6.78. The maximum atomic E-state index is 13.1. The lowest BCUT2D eigenvalue weighted by molar-refractivity contribution is -0.113. The highest BCUT2D eigenvalue weighted by molar-refractivity contribution is 8.27. The van der Waals surface area contributed by atoms with E-state index in [-0.39, 0.29) is 18.3 Å². The predicted molar refractivity (Wildman–Crippen MR) is 136 cm³/mol. The van der Waals surface area contributed by atoms with Gasteiger partial charge < -0.3 is 9.47 Å². The summed E-state index contributed by atoms with van der Waals surface area (Å²) in [5.74, 6) is 0.282. The minimum atomic E-state index is -0.313. The number of aryl methyl sites for hydroxylation is 1. The number of benzene rings is 3. The molecular formula is C25H19ClFNO3S2. The van der Waals surface area contributed by atoms with Crippen molar-refractivity contribution < 1.29 is 18.7 Å². The van der Waals surface area contributed by atoms with E-state index in [1.165, 1.54) is 35.9 Å². The van der Waals surface area contributed by atoms with Gasteiger partial charge in [0.25, 0.3) is 5.91 Å². The Balaban J connectivity index is 1.57. The second-order valence-corrected chi connectivity index (χ2v) is 9.38. The van der Waals surface area contributed by atoms with Gasteiger partial charge in [-0.05, 0) is 60.5 Å². The zero-order valence-corrected chi connectivity index (χ0v) is 20.2. The minimum absolute atomic E-state index is 0.194. The molecule has 0 aliphatic carbocycles. The number of hydrogen-bond donors (Lipinski definition) is 0. The maximum Gasteiger partial charge on any atom is 0.270 e. The molecule has 1 heterocycles. The van der Waals surface area contributed by atoms with E-state index in [0.717, 1.165) is 16.8 Å². The summed E-state index contributed by atoms with van der Waals surface area (Å²) in [6, 6.07) is 17.1. The summed E-state index contributed by atoms with van der Waals surface area (Å²) in [4.78, 5) is 15.0. The standard InChI is InChI=1S/C25H19ClFNO3S2/c1-15-3-9-19(10-4-15)28-24(29)22(33-25(28)32)13-17-11-20(26)23(21(12-17)30-2)31-14-16-5-7-18(27)8-6-16/h3-13H,14H2,1-2H3. The van der Waals surface area contributed by atoms with Crippen LogP contribution in [0.3, 0.4) is 0 Å². The normalized spacial score (nSPS) is 14.8. The van der Waals surface area contributed by atoms with Crippen LogP contribution in [0.1, 0.15) is 16.7 Å². The van der Waals surface area contributed by atoms with Crippen molar-refractivity contribution in [3.05, 3.63) is 93.1 Å². The van der Waals surface area contributed by atoms with Crippen molar-refractivity contribution in [1.29, 1.82) is 0 Å². The molecule has 4 rings (SSSR count). The van der Waals surface area contributed by atoms with Crippen LogP contribution in [0.5, 0.6) is 11.5 Å². The summed E-state index contributed by atoms with van der Waals surface area (Å²) < 4.78 is 24.9. The molecule has 0 radical (unpaired) electrons. The fraction of sp³-hybridized carbons (Fsp3) is 0.120. The average Bonchev–Trinajstić information content (AvgIpc) is 3.07. The van der Waals surface area contributed by atoms with E-state index < -0.39 is 0 Å². The fourth-order valence-electron chi connectivity index (χ4n) is 3.23. The number of halogens is 2. The number of rotatable bonds is 6. The summed E-state index contributed by atoms with van der Waals surface area (Å²) in [6.45, 7) is 2.18. The van der Waals surface area contributed by atoms with Gasteiger partial charge >= 0.3 is 0 Å². The number of thioether (sulfide) groups is 1. The lowest BCUT2D eigenvalue weighted by Gasteiger charge is -2.14. The zero-order valence-electron chi connectivity index (χ0n) is 17.8. The highest BCUT2D eigenvalue weighted by Gasteiger charge is 2.33. The molecule has 3 aromatic rings. The Morgan fingerprint density at radius 1 is 1.12 bits per heavy atom. The molecule has 0 spiro atoms. The SMILES string of the molecule is COc1cc(C=C2SC(=S)N(c3ccc(C)cc3)C2=O)cc(Cl)c1OCc1ccc(F)cc1. The van der Waals surface area contributed by atoms with Gasteiger partial charge in [-0.3, -0.25) is 9.69 Å². The van der Waals surface area contributed by atoms with Crippen LogP contribution in [0.15, 0.2) is 65.6 Å². The Morgan fingerprint density at radius 3 is 2.48 bits per heavy atom. The van der Waals surface area contributed by atoms with Crippen LogP contribution in [0.2, 0.25) is 5.02 Å². The molecule has 1 aliphatic rings. The largest absolute Gasteiger partial charge is 0.493 e. The van der Waals surface area contributed by atoms with E-state index in [1.54, 1.807) is 30.3 Å². The summed E-state index contributed by atoms with van der Waals surface area (Å²) in [5.41, 5.74) is 3.30. The first-order valence-corrected chi connectivity index (χ1v) is 11.6. The minimum Gasteiger partial charge on any atom is -0.493 e. The fourth-order valence-corrected chi connectivity index (χ4v) is 4.81. The number of amides is 1. The summed E-state index contributed by atoms with van der Waals surface area (Å²) in [7, 11) is 1.51. The zero-order chi connectivity index (χ0) is 23.5. The van der Waals surface area contributed by atoms with Crippen molar-refractivity contribution in [3.63, 3.8) is 0 Å². The summed E-state index contributed by atoms with van der Waals surface area (Å²) in [5, 5.41) is 0.330. The van der Waals surface area contributed by atoms with Crippen LogP contribution in [-0.2, 0) is 11.4 Å². The molecule has 1 amide bonds. The molecule has 3 aromatic carbocycles. The number of methoxy groups -OCH3 is 1. The summed E-state index contributed by atoms with van der Waals surface area (Å²) >= 11 is 13.1. The molecule has 4 nitrogen and oxygen atoms in total. The second kappa shape index (κ2) is 9.95. The third-order valence-corrected chi connectivity index (χ3v) is 6.51. The van der Waals surface area contributed by atoms with E-state index in [0.29, 0.717) is 31.3 Å². The number of carbonyl (C=O) groups excluding carboxylic acids is 1. The van der Waals surface area contributed by atoms with Crippen molar-refractivity contribution in [2.75, 3.05) is 12.0 Å². The molecule has 33 heavy (non-hydrogen) atoms. The molecule has 1 fully saturated rings. The quantitative estimate of drug-likeness (QED) is 0.276. The Hall–Kier alpha value is -2.87. The molecule has 1 aliphatic heterocycles. The van der Waals surface area contributed by atoms with Crippen molar-refractivity contribution in [3.8, 4) is 11.5 Å². The van der Waals surface area contributed by atoms with Crippen molar-refractivity contribution in [2.45, 2.75) is 13.5 Å². The molecule has 168 valence electrons. The van der Waals surface area contributed by atoms with Crippen LogP contribution in [0, 0.1) is 12.7 Å². The van der Waals surface area contributed by atoms with Crippen molar-refractivity contribution in [2.24, 2.45) is 0 Å². The van der Waals surface area contributed by atoms with Crippen LogP contribution in [0.25, 0.3) is 6.08 Å². The van der Waals surface area contributed by atoms with Crippen LogP contribution >= 0.6 is 35.6 Å². The lowest BCUT2D eigenvalue weighted by atomic mass is 10.1. The average molecular weight is 500 g/mol. The van der Waals surface area contributed by atoms with Gasteiger partial charge in [-0.15, -0.1) is 0 Å². The molecule has 8 heteroatoms. The first-order valence-electron chi connectivity index (χ1n) is 9.95. The van der Waals surface area contributed by atoms with E-state index >= 15 is 0 Å². The topological polar surface area (TPSA) is 38.8 Å². The highest BCUT2D eigenvalue weighted by atomic mass is 35.5. The lowest BCUT2D eigenvalue weighted by Crippen LogP contribution is -2.27. The molecule has 0 N–H and O–H groups in total. The van der Waals surface area contributed by atoms with E-state index in [4.69, 9.17) is 33.3 Å². The number of anilines is 1. The van der Waals surface area contributed by atoms with Gasteiger partial charge in [0.2, 0.25) is 0 Å². The van der Waals surface area contributed by atoms with Gasteiger partial charge in [0.1, 0.15) is 12.4 Å². The Morgan fingerprint density at radius 2 is 1.82 bits per heavy atom. The van der Waals surface area contributed by atoms with Crippen LogP contribution in [0.4, 0.5) is 10.1 Å². The number of carbonyl (C=O) groups is 1. The maximum absolute atomic E-state index is 13.1. The first-order chi connectivity index (χ1) is 15.9. The highest BCUT2D eigenvalue weighted by Crippen LogP contribution is 2.40. The van der Waals surface area contributed by atoms with Gasteiger partial charge in [0, 0.05) is 0 Å². The smallest absolute Gasteiger partial charge is 0.270 e. The molecular weight excluding hydrogens is 481 g/mol. The van der Waals surface area contributed by atoms with Crippen molar-refractivity contribution in [1.82, 2.24) is 0 Å². The van der Waals surface area contributed by atoms with Gasteiger partial charge in [-0.2, -0.15) is 0 Å². The molecule has 0 aromatic heterocycles. The number of ether oxygens (including phenoxy) is 2. The van der Waals surface area contributed by atoms with Crippen molar-refractivity contribution >= 4 is 57.6 Å². The Kier molecular flexibility index (Phi) is 7.02. The van der Waals surface area contributed by atoms with Gasteiger partial charge in [0.05, 0.1) is 22.7 Å². The van der Waals surface area contributed by atoms with E-state index in [1.807, 2.05) is 31.2 Å². The Labute approximate surface area is 206 Å². The van der Waals surface area contributed by atoms with Crippen LogP contribution < -0.4 is 14.4 Å². The van der Waals surface area contributed by atoms with Crippen LogP contribution in [-0.4, -0.2) is 17.3 Å². The summed E-state index contributed by atoms with van der Waals surface area (Å²) in [6.07, 6.45) is 1.73. The molecule has 0 saturated carbocycles. The van der Waals surface area contributed by atoms with Gasteiger partial charge in [-0.1, -0.05) is 65.4 Å². The number of nitrogens with zero attached hydrogens (tertiary/aromatic N) is 1. The van der Waals surface area contributed by atoms with E-state index in [9.17, 15) is 9.18 Å². The first kappa shape index (κ1) is 23.3. The van der Waals surface area contributed by atoms with Gasteiger partial charge in [0.15, 0.2) is 15.8 Å². The molecule has 0 unspecified atom stereocenters. The Bertz CT molecular complexity index is 1240. The number of hydrogen-bond acceptors (Lipinski definition) is 5. The van der Waals surface area contributed by atoms with Gasteiger partial charge in [-0.25, -0.2) is 4.39 Å². The second-order valence-electron chi connectivity index (χ2n) is 7.30. The third kappa shape index (κ3) is 5.21. The number of thiocarbonyl (C=S) groups is 1.